The number of H-pyrrole nitrogens is 1. The molecular formula is C21H24N4OS. The Morgan fingerprint density at radius 2 is 1.70 bits per heavy atom. The van der Waals surface area contributed by atoms with E-state index < -0.39 is 0 Å². The minimum Gasteiger partial charge on any atom is -0.337 e. The molecule has 5 nitrogen and oxygen atoms in total. The van der Waals surface area contributed by atoms with Crippen LogP contribution in [0, 0.1) is 0 Å². The number of nitrogens with one attached hydrogen (secondary N) is 1. The number of carbonyl (C=O) groups is 1. The van der Waals surface area contributed by atoms with E-state index in [1.807, 2.05) is 48.2 Å². The third-order valence-corrected chi connectivity index (χ3v) is 5.09. The van der Waals surface area contributed by atoms with Gasteiger partial charge in [-0.3, -0.25) is 9.89 Å². The molecule has 0 aliphatic carbocycles. The Labute approximate surface area is 164 Å². The van der Waals surface area contributed by atoms with Crippen molar-refractivity contribution >= 4 is 17.7 Å². The number of aromatic nitrogens is 3. The topological polar surface area (TPSA) is 61.9 Å². The molecule has 1 amide bonds. The number of thioether (sulfide) groups is 1. The quantitative estimate of drug-likeness (QED) is 0.575. The average Bonchev–Trinajstić information content (AvgIpc) is 3.19. The highest BCUT2D eigenvalue weighted by molar-refractivity contribution is 7.99. The zero-order valence-electron chi connectivity index (χ0n) is 15.5. The lowest BCUT2D eigenvalue weighted by Gasteiger charge is -2.23. The zero-order valence-corrected chi connectivity index (χ0v) is 16.3. The minimum absolute atomic E-state index is 0.0997. The normalized spacial score (nSPS) is 10.7. The fourth-order valence-corrected chi connectivity index (χ4v) is 3.44. The van der Waals surface area contributed by atoms with Crippen molar-refractivity contribution in [3.8, 4) is 0 Å². The highest BCUT2D eigenvalue weighted by Gasteiger charge is 2.16. The van der Waals surface area contributed by atoms with Gasteiger partial charge in [-0.2, -0.15) is 0 Å². The molecule has 27 heavy (non-hydrogen) atoms. The third-order valence-electron chi connectivity index (χ3n) is 4.25. The first kappa shape index (κ1) is 19.2. The van der Waals surface area contributed by atoms with Crippen LogP contribution in [0.2, 0.25) is 0 Å². The maximum absolute atomic E-state index is 12.9. The second-order valence-corrected chi connectivity index (χ2v) is 7.19. The van der Waals surface area contributed by atoms with E-state index in [-0.39, 0.29) is 5.91 Å². The Bertz CT molecular complexity index is 836. The van der Waals surface area contributed by atoms with Gasteiger partial charge in [0.05, 0.1) is 5.75 Å². The molecule has 2 aromatic carbocycles. The smallest absolute Gasteiger partial charge is 0.233 e. The van der Waals surface area contributed by atoms with E-state index in [0.29, 0.717) is 24.0 Å². The first-order chi connectivity index (χ1) is 13.2. The Balaban J connectivity index is 1.62. The van der Waals surface area contributed by atoms with Gasteiger partial charge in [-0.1, -0.05) is 79.3 Å². The molecule has 0 atom stereocenters. The van der Waals surface area contributed by atoms with Gasteiger partial charge in [-0.05, 0) is 17.5 Å². The number of aromatic amines is 1. The van der Waals surface area contributed by atoms with Gasteiger partial charge in [-0.15, -0.1) is 5.10 Å². The van der Waals surface area contributed by atoms with Crippen LogP contribution in [0.4, 0.5) is 0 Å². The van der Waals surface area contributed by atoms with Crippen LogP contribution in [0.5, 0.6) is 0 Å². The van der Waals surface area contributed by atoms with Gasteiger partial charge in [-0.25, -0.2) is 4.98 Å². The number of amides is 1. The summed E-state index contributed by atoms with van der Waals surface area (Å²) in [5.74, 6) is 1.28. The predicted molar refractivity (Wildman–Crippen MR) is 108 cm³/mol. The van der Waals surface area contributed by atoms with Gasteiger partial charge < -0.3 is 4.90 Å². The first-order valence-electron chi connectivity index (χ1n) is 9.14. The molecule has 6 heteroatoms. The molecule has 0 aliphatic heterocycles. The molecule has 0 fully saturated rings. The van der Waals surface area contributed by atoms with Crippen molar-refractivity contribution in [3.05, 3.63) is 77.6 Å². The van der Waals surface area contributed by atoms with Crippen molar-refractivity contribution in [1.82, 2.24) is 20.1 Å². The molecule has 140 valence electrons. The van der Waals surface area contributed by atoms with Crippen molar-refractivity contribution in [2.75, 3.05) is 12.3 Å². The van der Waals surface area contributed by atoms with Gasteiger partial charge in [0.25, 0.3) is 0 Å². The van der Waals surface area contributed by atoms with E-state index in [1.165, 1.54) is 17.3 Å². The summed E-state index contributed by atoms with van der Waals surface area (Å²) in [7, 11) is 0. The van der Waals surface area contributed by atoms with Gasteiger partial charge in [0.1, 0.15) is 5.82 Å². The molecule has 0 radical (unpaired) electrons. The molecule has 0 saturated carbocycles. The third kappa shape index (κ3) is 5.96. The maximum atomic E-state index is 12.9. The highest BCUT2D eigenvalue weighted by atomic mass is 32.2. The summed E-state index contributed by atoms with van der Waals surface area (Å²) in [6.45, 7) is 3.32. The first-order valence-corrected chi connectivity index (χ1v) is 10.1. The number of aryl methyl sites for hydroxylation is 1. The van der Waals surface area contributed by atoms with Crippen molar-refractivity contribution in [3.63, 3.8) is 0 Å². The summed E-state index contributed by atoms with van der Waals surface area (Å²) in [5.41, 5.74) is 2.37. The number of nitrogens with zero attached hydrogens (tertiary/aromatic N) is 3. The SMILES string of the molecule is CCc1nc(SCC(=O)N(CCc2ccccc2)Cc2ccccc2)n[nH]1. The lowest BCUT2D eigenvalue weighted by Crippen LogP contribution is -2.33. The summed E-state index contributed by atoms with van der Waals surface area (Å²) >= 11 is 1.38. The lowest BCUT2D eigenvalue weighted by molar-refractivity contribution is -0.128. The van der Waals surface area contributed by atoms with E-state index in [4.69, 9.17) is 0 Å². The van der Waals surface area contributed by atoms with Crippen LogP contribution in [-0.2, 0) is 24.2 Å². The number of carbonyl (C=O) groups excluding carboxylic acids is 1. The van der Waals surface area contributed by atoms with E-state index in [2.05, 4.69) is 39.4 Å². The van der Waals surface area contributed by atoms with Crippen molar-refractivity contribution in [2.45, 2.75) is 31.5 Å². The second kappa shape index (κ2) is 9.92. The summed E-state index contributed by atoms with van der Waals surface area (Å²) < 4.78 is 0. The molecule has 0 aliphatic rings. The van der Waals surface area contributed by atoms with Crippen molar-refractivity contribution in [2.24, 2.45) is 0 Å². The van der Waals surface area contributed by atoms with Crippen LogP contribution in [0.25, 0.3) is 0 Å². The highest BCUT2D eigenvalue weighted by Crippen LogP contribution is 2.15. The van der Waals surface area contributed by atoms with Crippen molar-refractivity contribution < 1.29 is 4.79 Å². The van der Waals surface area contributed by atoms with Crippen LogP contribution in [0.15, 0.2) is 65.8 Å². The largest absolute Gasteiger partial charge is 0.337 e. The molecule has 1 heterocycles. The Morgan fingerprint density at radius 1 is 1.04 bits per heavy atom. The molecule has 3 rings (SSSR count). The van der Waals surface area contributed by atoms with Crippen molar-refractivity contribution in [1.29, 1.82) is 0 Å². The fourth-order valence-electron chi connectivity index (χ4n) is 2.72. The second-order valence-electron chi connectivity index (χ2n) is 6.24. The molecule has 1 N–H and O–H groups in total. The number of rotatable bonds is 9. The van der Waals surface area contributed by atoms with Crippen LogP contribution < -0.4 is 0 Å². The van der Waals surface area contributed by atoms with Crippen LogP contribution in [0.1, 0.15) is 23.9 Å². The Morgan fingerprint density at radius 3 is 2.33 bits per heavy atom. The van der Waals surface area contributed by atoms with Crippen LogP contribution in [0.3, 0.4) is 0 Å². The summed E-state index contributed by atoms with van der Waals surface area (Å²) in [5, 5.41) is 7.67. The minimum atomic E-state index is 0.0997. The van der Waals surface area contributed by atoms with E-state index in [1.54, 1.807) is 0 Å². The van der Waals surface area contributed by atoms with Gasteiger partial charge in [0.15, 0.2) is 0 Å². The molecule has 3 aromatic rings. The molecular weight excluding hydrogens is 356 g/mol. The summed E-state index contributed by atoms with van der Waals surface area (Å²) in [6.07, 6.45) is 1.64. The maximum Gasteiger partial charge on any atom is 0.233 e. The average molecular weight is 381 g/mol. The Kier molecular flexibility index (Phi) is 7.04. The molecule has 0 saturated heterocycles. The van der Waals surface area contributed by atoms with Gasteiger partial charge in [0, 0.05) is 19.5 Å². The standard InChI is InChI=1S/C21H24N4OS/c1-2-19-22-21(24-23-19)27-16-20(26)25(15-18-11-7-4-8-12-18)14-13-17-9-5-3-6-10-17/h3-12H,2,13-16H2,1H3,(H,22,23,24). The monoisotopic (exact) mass is 380 g/mol. The predicted octanol–water partition coefficient (Wildman–Crippen LogP) is 3.73. The number of hydrogen-bond donors (Lipinski definition) is 1. The van der Waals surface area contributed by atoms with E-state index in [0.717, 1.165) is 24.2 Å². The fraction of sp³-hybridized carbons (Fsp3) is 0.286. The number of hydrogen-bond acceptors (Lipinski definition) is 4. The zero-order chi connectivity index (χ0) is 18.9. The van der Waals surface area contributed by atoms with E-state index in [9.17, 15) is 4.79 Å². The Hall–Kier alpha value is -2.60. The summed E-state index contributed by atoms with van der Waals surface area (Å²) in [6, 6.07) is 20.4. The molecule has 0 spiro atoms. The molecule has 0 unspecified atom stereocenters. The van der Waals surface area contributed by atoms with Crippen LogP contribution >= 0.6 is 11.8 Å². The van der Waals surface area contributed by atoms with E-state index >= 15 is 0 Å². The van der Waals surface area contributed by atoms with Gasteiger partial charge in [0.2, 0.25) is 11.1 Å². The number of benzene rings is 2. The van der Waals surface area contributed by atoms with Gasteiger partial charge >= 0.3 is 0 Å². The molecule has 0 bridgehead atoms. The van der Waals surface area contributed by atoms with Crippen LogP contribution in [-0.4, -0.2) is 38.3 Å². The molecule has 1 aromatic heterocycles. The summed E-state index contributed by atoms with van der Waals surface area (Å²) in [4.78, 5) is 19.1. The lowest BCUT2D eigenvalue weighted by atomic mass is 10.1.